The highest BCUT2D eigenvalue weighted by molar-refractivity contribution is 5.86. The monoisotopic (exact) mass is 384 g/mol. The third-order valence-electron chi connectivity index (χ3n) is 4.91. The minimum atomic E-state index is -0.945. The number of carbonyl (C=O) groups is 3. The molecule has 0 bridgehead atoms. The summed E-state index contributed by atoms with van der Waals surface area (Å²) in [5, 5.41) is 12.0. The van der Waals surface area contributed by atoms with Gasteiger partial charge in [-0.25, -0.2) is 4.39 Å². The second-order valence-corrected chi connectivity index (χ2v) is 6.84. The predicted molar refractivity (Wildman–Crippen MR) is 100 cm³/mol. The Hall–Kier alpha value is -3.22. The molecule has 7 heteroatoms. The molecule has 0 spiro atoms. The van der Waals surface area contributed by atoms with Gasteiger partial charge in [0.15, 0.2) is 0 Å². The minimum Gasteiger partial charge on any atom is -0.481 e. The zero-order valence-electron chi connectivity index (χ0n) is 15.2. The lowest BCUT2D eigenvalue weighted by Gasteiger charge is -2.17. The van der Waals surface area contributed by atoms with Crippen molar-refractivity contribution in [3.63, 3.8) is 0 Å². The maximum Gasteiger partial charge on any atom is 0.308 e. The van der Waals surface area contributed by atoms with Gasteiger partial charge in [0.25, 0.3) is 0 Å². The maximum atomic E-state index is 13.2. The molecule has 1 aliphatic rings. The van der Waals surface area contributed by atoms with Gasteiger partial charge in [0, 0.05) is 19.0 Å². The second kappa shape index (κ2) is 8.65. The van der Waals surface area contributed by atoms with E-state index in [-0.39, 0.29) is 31.3 Å². The highest BCUT2D eigenvalue weighted by Crippen LogP contribution is 2.32. The molecule has 2 aromatic carbocycles. The van der Waals surface area contributed by atoms with Crippen LogP contribution in [-0.4, -0.2) is 47.4 Å². The van der Waals surface area contributed by atoms with Crippen molar-refractivity contribution in [1.82, 2.24) is 10.2 Å². The number of aliphatic carboxylic acids is 1. The van der Waals surface area contributed by atoms with E-state index in [2.05, 4.69) is 5.32 Å². The first-order valence-electron chi connectivity index (χ1n) is 9.00. The van der Waals surface area contributed by atoms with Gasteiger partial charge < -0.3 is 15.3 Å². The Balaban J connectivity index is 1.57. The van der Waals surface area contributed by atoms with E-state index >= 15 is 0 Å². The van der Waals surface area contributed by atoms with E-state index < -0.39 is 23.6 Å². The van der Waals surface area contributed by atoms with Crippen LogP contribution in [0.15, 0.2) is 54.6 Å². The first-order valence-corrected chi connectivity index (χ1v) is 9.00. The van der Waals surface area contributed by atoms with Gasteiger partial charge in [-0.3, -0.25) is 14.4 Å². The molecule has 2 N–H and O–H groups in total. The van der Waals surface area contributed by atoms with E-state index in [0.717, 1.165) is 5.56 Å². The third kappa shape index (κ3) is 4.73. The molecular formula is C21H21FN2O4. The van der Waals surface area contributed by atoms with Gasteiger partial charge in [-0.05, 0) is 23.3 Å². The zero-order chi connectivity index (χ0) is 20.1. The highest BCUT2D eigenvalue weighted by atomic mass is 19.1. The molecule has 0 unspecified atom stereocenters. The summed E-state index contributed by atoms with van der Waals surface area (Å²) in [7, 11) is 0. The summed E-state index contributed by atoms with van der Waals surface area (Å²) in [4.78, 5) is 37.5. The fourth-order valence-corrected chi connectivity index (χ4v) is 3.48. The second-order valence-electron chi connectivity index (χ2n) is 6.84. The molecule has 0 aliphatic carbocycles. The van der Waals surface area contributed by atoms with Crippen LogP contribution >= 0.6 is 0 Å². The summed E-state index contributed by atoms with van der Waals surface area (Å²) in [5.41, 5.74) is 1.39. The van der Waals surface area contributed by atoms with Crippen molar-refractivity contribution < 1.29 is 23.9 Å². The van der Waals surface area contributed by atoms with Crippen molar-refractivity contribution in [2.24, 2.45) is 5.92 Å². The Labute approximate surface area is 162 Å². The van der Waals surface area contributed by atoms with E-state index in [0.29, 0.717) is 12.1 Å². The van der Waals surface area contributed by atoms with Crippen molar-refractivity contribution in [3.05, 3.63) is 71.5 Å². The Bertz CT molecular complexity index is 872. The fraction of sp³-hybridized carbons (Fsp3) is 0.286. The molecule has 1 aliphatic heterocycles. The predicted octanol–water partition coefficient (Wildman–Crippen LogP) is 1.81. The van der Waals surface area contributed by atoms with Crippen LogP contribution < -0.4 is 5.32 Å². The van der Waals surface area contributed by atoms with Crippen molar-refractivity contribution >= 4 is 17.8 Å². The number of carbonyl (C=O) groups excluding carboxylic acids is 2. The maximum absolute atomic E-state index is 13.2. The lowest BCUT2D eigenvalue weighted by atomic mass is 9.89. The van der Waals surface area contributed by atoms with Crippen LogP contribution in [0.4, 0.5) is 4.39 Å². The number of nitrogens with one attached hydrogen (secondary N) is 1. The molecule has 1 heterocycles. The topological polar surface area (TPSA) is 86.7 Å². The average Bonchev–Trinajstić information content (AvgIpc) is 3.13. The Morgan fingerprint density at radius 2 is 1.82 bits per heavy atom. The van der Waals surface area contributed by atoms with Crippen LogP contribution in [0.3, 0.4) is 0 Å². The number of nitrogens with zero attached hydrogens (tertiary/aromatic N) is 1. The number of amides is 2. The van der Waals surface area contributed by atoms with Gasteiger partial charge in [-0.15, -0.1) is 0 Å². The Kier molecular flexibility index (Phi) is 6.03. The standard InChI is InChI=1S/C21H21FN2O4/c22-16-8-4-5-14(9-16)10-19(25)23-11-20(26)24-12-17(18(13-24)21(27)28)15-6-2-1-3-7-15/h1-9,17-18H,10-13H2,(H,23,25)(H,27,28)/t17-,18-/m1/s1. The quantitative estimate of drug-likeness (QED) is 0.795. The van der Waals surface area contributed by atoms with Gasteiger partial charge in [-0.1, -0.05) is 42.5 Å². The molecule has 2 atom stereocenters. The molecule has 146 valence electrons. The number of carboxylic acid groups (broad SMARTS) is 1. The van der Waals surface area contributed by atoms with E-state index in [1.54, 1.807) is 6.07 Å². The molecule has 1 fully saturated rings. The molecule has 0 aromatic heterocycles. The first-order chi connectivity index (χ1) is 13.4. The highest BCUT2D eigenvalue weighted by Gasteiger charge is 2.40. The third-order valence-corrected chi connectivity index (χ3v) is 4.91. The number of halogens is 1. The molecule has 0 radical (unpaired) electrons. The lowest BCUT2D eigenvalue weighted by Crippen LogP contribution is -2.40. The van der Waals surface area contributed by atoms with E-state index in [4.69, 9.17) is 0 Å². The Morgan fingerprint density at radius 3 is 2.50 bits per heavy atom. The van der Waals surface area contributed by atoms with Crippen LogP contribution in [-0.2, 0) is 20.8 Å². The summed E-state index contributed by atoms with van der Waals surface area (Å²) in [6, 6.07) is 15.0. The average molecular weight is 384 g/mol. The van der Waals surface area contributed by atoms with E-state index in [9.17, 15) is 23.9 Å². The summed E-state index contributed by atoms with van der Waals surface area (Å²) >= 11 is 0. The smallest absolute Gasteiger partial charge is 0.308 e. The summed E-state index contributed by atoms with van der Waals surface area (Å²) in [5.74, 6) is -3.07. The first kappa shape index (κ1) is 19.5. The van der Waals surface area contributed by atoms with Crippen molar-refractivity contribution in [2.45, 2.75) is 12.3 Å². The molecule has 0 saturated carbocycles. The van der Waals surface area contributed by atoms with E-state index in [1.807, 2.05) is 30.3 Å². The summed E-state index contributed by atoms with van der Waals surface area (Å²) in [6.07, 6.45) is -0.0323. The van der Waals surface area contributed by atoms with Crippen molar-refractivity contribution in [1.29, 1.82) is 0 Å². The van der Waals surface area contributed by atoms with Crippen LogP contribution in [0.1, 0.15) is 17.0 Å². The SMILES string of the molecule is O=C(Cc1cccc(F)c1)NCC(=O)N1C[C@H](c2ccccc2)[C@H](C(=O)O)C1. The normalized spacial score (nSPS) is 18.7. The number of hydrogen-bond acceptors (Lipinski definition) is 3. The van der Waals surface area contributed by atoms with E-state index in [1.165, 1.54) is 23.1 Å². The molecule has 2 amide bonds. The zero-order valence-corrected chi connectivity index (χ0v) is 15.2. The molecule has 2 aromatic rings. The van der Waals surface area contributed by atoms with Gasteiger partial charge in [0.1, 0.15) is 5.82 Å². The number of carboxylic acids is 1. The van der Waals surface area contributed by atoms with Crippen LogP contribution in [0.25, 0.3) is 0 Å². The minimum absolute atomic E-state index is 0.0323. The molecular weight excluding hydrogens is 363 g/mol. The number of rotatable bonds is 6. The van der Waals surface area contributed by atoms with Gasteiger partial charge >= 0.3 is 5.97 Å². The Morgan fingerprint density at radius 1 is 1.07 bits per heavy atom. The van der Waals surface area contributed by atoms with Crippen LogP contribution in [0.2, 0.25) is 0 Å². The van der Waals surface area contributed by atoms with Gasteiger partial charge in [-0.2, -0.15) is 0 Å². The van der Waals surface area contributed by atoms with Crippen LogP contribution in [0, 0.1) is 11.7 Å². The van der Waals surface area contributed by atoms with Gasteiger partial charge in [0.2, 0.25) is 11.8 Å². The summed E-state index contributed by atoms with van der Waals surface area (Å²) < 4.78 is 13.2. The van der Waals surface area contributed by atoms with Crippen molar-refractivity contribution in [2.75, 3.05) is 19.6 Å². The largest absolute Gasteiger partial charge is 0.481 e. The number of hydrogen-bond donors (Lipinski definition) is 2. The fourth-order valence-electron chi connectivity index (χ4n) is 3.48. The molecule has 1 saturated heterocycles. The molecule has 6 nitrogen and oxygen atoms in total. The number of likely N-dealkylation sites (tertiary alicyclic amines) is 1. The molecule has 28 heavy (non-hydrogen) atoms. The lowest BCUT2D eigenvalue weighted by molar-refractivity contribution is -0.142. The van der Waals surface area contributed by atoms with Gasteiger partial charge in [0.05, 0.1) is 18.9 Å². The van der Waals surface area contributed by atoms with Crippen LogP contribution in [0.5, 0.6) is 0 Å². The number of benzene rings is 2. The van der Waals surface area contributed by atoms with Crippen molar-refractivity contribution in [3.8, 4) is 0 Å². The summed E-state index contributed by atoms with van der Waals surface area (Å²) in [6.45, 7) is 0.176. The molecule has 3 rings (SSSR count).